The lowest BCUT2D eigenvalue weighted by Crippen LogP contribution is -2.05. The third kappa shape index (κ3) is 3.00. The maximum atomic E-state index is 12.9. The lowest BCUT2D eigenvalue weighted by atomic mass is 10.2. The van der Waals surface area contributed by atoms with Crippen LogP contribution in [0, 0.1) is 5.82 Å². The van der Waals surface area contributed by atoms with Crippen molar-refractivity contribution in [2.24, 2.45) is 0 Å². The second-order valence-corrected chi connectivity index (χ2v) is 5.83. The zero-order valence-corrected chi connectivity index (χ0v) is 12.2. The standard InChI is InChI=1S/C12H10BrClFNS/c1-7(12-9(13)4-5-17-12)16-11-3-2-8(15)6-10(11)14/h2-7,16H,1H3. The lowest BCUT2D eigenvalue weighted by Gasteiger charge is -2.15. The average molecular weight is 335 g/mol. The predicted molar refractivity (Wildman–Crippen MR) is 75.5 cm³/mol. The summed E-state index contributed by atoms with van der Waals surface area (Å²) in [5.41, 5.74) is 0.737. The molecule has 0 spiro atoms. The highest BCUT2D eigenvalue weighted by molar-refractivity contribution is 9.10. The molecular formula is C12H10BrClFNS. The summed E-state index contributed by atoms with van der Waals surface area (Å²) in [6, 6.07) is 6.47. The quantitative estimate of drug-likeness (QED) is 0.784. The van der Waals surface area contributed by atoms with E-state index in [2.05, 4.69) is 21.2 Å². The number of hydrogen-bond acceptors (Lipinski definition) is 2. The van der Waals surface area contributed by atoms with Gasteiger partial charge in [-0.15, -0.1) is 11.3 Å². The molecule has 2 aromatic rings. The van der Waals surface area contributed by atoms with E-state index in [-0.39, 0.29) is 11.9 Å². The van der Waals surface area contributed by atoms with Gasteiger partial charge in [0.2, 0.25) is 0 Å². The van der Waals surface area contributed by atoms with Gasteiger partial charge in [-0.1, -0.05) is 11.6 Å². The molecule has 1 nitrogen and oxygen atoms in total. The van der Waals surface area contributed by atoms with E-state index in [0.717, 1.165) is 10.2 Å². The fraction of sp³-hybridized carbons (Fsp3) is 0.167. The van der Waals surface area contributed by atoms with Crippen LogP contribution in [-0.4, -0.2) is 0 Å². The van der Waals surface area contributed by atoms with Gasteiger partial charge >= 0.3 is 0 Å². The summed E-state index contributed by atoms with van der Waals surface area (Å²) in [5, 5.41) is 5.67. The largest absolute Gasteiger partial charge is 0.376 e. The first-order valence-corrected chi connectivity index (χ1v) is 7.07. The number of benzene rings is 1. The first-order chi connectivity index (χ1) is 8.08. The van der Waals surface area contributed by atoms with Gasteiger partial charge in [0.05, 0.1) is 16.8 Å². The van der Waals surface area contributed by atoms with Crippen molar-refractivity contribution in [2.45, 2.75) is 13.0 Å². The van der Waals surface area contributed by atoms with Crippen LogP contribution in [-0.2, 0) is 0 Å². The fourth-order valence-corrected chi connectivity index (χ4v) is 3.47. The zero-order chi connectivity index (χ0) is 12.4. The molecule has 0 amide bonds. The minimum Gasteiger partial charge on any atom is -0.376 e. The minimum absolute atomic E-state index is 0.118. The number of halogens is 3. The van der Waals surface area contributed by atoms with E-state index in [1.165, 1.54) is 17.0 Å². The smallest absolute Gasteiger partial charge is 0.124 e. The second-order valence-electron chi connectivity index (χ2n) is 3.62. The Kier molecular flexibility index (Phi) is 4.07. The third-order valence-electron chi connectivity index (χ3n) is 2.34. The van der Waals surface area contributed by atoms with Gasteiger partial charge in [0.15, 0.2) is 0 Å². The van der Waals surface area contributed by atoms with E-state index < -0.39 is 0 Å². The van der Waals surface area contributed by atoms with Gasteiger partial charge in [0, 0.05) is 9.35 Å². The molecule has 0 radical (unpaired) electrons. The SMILES string of the molecule is CC(Nc1ccc(F)cc1Cl)c1sccc1Br. The molecule has 5 heteroatoms. The Hall–Kier alpha value is -0.580. The molecule has 0 saturated heterocycles. The summed E-state index contributed by atoms with van der Waals surface area (Å²) < 4.78 is 14.0. The Morgan fingerprint density at radius 2 is 2.18 bits per heavy atom. The normalized spacial score (nSPS) is 12.5. The second kappa shape index (κ2) is 5.38. The van der Waals surface area contributed by atoms with Crippen molar-refractivity contribution in [1.29, 1.82) is 0 Å². The fourth-order valence-electron chi connectivity index (χ4n) is 1.52. The summed E-state index contributed by atoms with van der Waals surface area (Å²) in [5.74, 6) is -0.328. The monoisotopic (exact) mass is 333 g/mol. The molecule has 17 heavy (non-hydrogen) atoms. The van der Waals surface area contributed by atoms with Crippen LogP contribution in [0.25, 0.3) is 0 Å². The van der Waals surface area contributed by atoms with E-state index >= 15 is 0 Å². The molecule has 1 aromatic carbocycles. The minimum atomic E-state index is -0.328. The molecular weight excluding hydrogens is 325 g/mol. The average Bonchev–Trinajstić information content (AvgIpc) is 2.68. The van der Waals surface area contributed by atoms with E-state index in [0.29, 0.717) is 5.02 Å². The first kappa shape index (κ1) is 12.9. The van der Waals surface area contributed by atoms with Crippen LogP contribution in [0.15, 0.2) is 34.1 Å². The maximum absolute atomic E-state index is 12.9. The molecule has 0 aliphatic rings. The molecule has 1 unspecified atom stereocenters. The van der Waals surface area contributed by atoms with Gasteiger partial charge in [-0.05, 0) is 52.5 Å². The lowest BCUT2D eigenvalue weighted by molar-refractivity contribution is 0.628. The Morgan fingerprint density at radius 3 is 2.76 bits per heavy atom. The molecule has 90 valence electrons. The number of hydrogen-bond donors (Lipinski definition) is 1. The van der Waals surface area contributed by atoms with Crippen LogP contribution in [0.3, 0.4) is 0 Å². The Labute approximate surface area is 117 Å². The Bertz CT molecular complexity index is 529. The van der Waals surface area contributed by atoms with Crippen molar-refractivity contribution >= 4 is 44.6 Å². The molecule has 0 aliphatic heterocycles. The van der Waals surface area contributed by atoms with Gasteiger partial charge in [-0.2, -0.15) is 0 Å². The number of nitrogens with one attached hydrogen (secondary N) is 1. The molecule has 0 saturated carbocycles. The highest BCUT2D eigenvalue weighted by Gasteiger charge is 2.12. The molecule has 1 aromatic heterocycles. The van der Waals surface area contributed by atoms with Gasteiger partial charge < -0.3 is 5.32 Å². The summed E-state index contributed by atoms with van der Waals surface area (Å²) in [6.45, 7) is 2.04. The molecule has 1 atom stereocenters. The van der Waals surface area contributed by atoms with E-state index in [1.807, 2.05) is 18.4 Å². The molecule has 0 bridgehead atoms. The van der Waals surface area contributed by atoms with E-state index in [1.54, 1.807) is 17.4 Å². The van der Waals surface area contributed by atoms with Gasteiger partial charge in [0.1, 0.15) is 5.82 Å². The van der Waals surface area contributed by atoms with Gasteiger partial charge in [0.25, 0.3) is 0 Å². The summed E-state index contributed by atoms with van der Waals surface area (Å²) in [4.78, 5) is 1.19. The maximum Gasteiger partial charge on any atom is 0.124 e. The van der Waals surface area contributed by atoms with Crippen LogP contribution < -0.4 is 5.32 Å². The molecule has 0 aliphatic carbocycles. The predicted octanol–water partition coefficient (Wildman–Crippen LogP) is 5.48. The van der Waals surface area contributed by atoms with Crippen LogP contribution in [0.1, 0.15) is 17.8 Å². The molecule has 1 N–H and O–H groups in total. The zero-order valence-electron chi connectivity index (χ0n) is 9.01. The van der Waals surface area contributed by atoms with Crippen molar-refractivity contribution < 1.29 is 4.39 Å². The van der Waals surface area contributed by atoms with Crippen LogP contribution in [0.2, 0.25) is 5.02 Å². The van der Waals surface area contributed by atoms with Crippen LogP contribution >= 0.6 is 38.9 Å². The molecule has 1 heterocycles. The number of rotatable bonds is 3. The topological polar surface area (TPSA) is 12.0 Å². The van der Waals surface area contributed by atoms with Crippen LogP contribution in [0.5, 0.6) is 0 Å². The summed E-state index contributed by atoms with van der Waals surface area (Å²) in [6.07, 6.45) is 0. The number of anilines is 1. The van der Waals surface area contributed by atoms with Crippen molar-refractivity contribution in [3.05, 3.63) is 49.8 Å². The van der Waals surface area contributed by atoms with Crippen molar-refractivity contribution in [3.8, 4) is 0 Å². The van der Waals surface area contributed by atoms with Crippen molar-refractivity contribution in [2.75, 3.05) is 5.32 Å². The Morgan fingerprint density at radius 1 is 1.41 bits per heavy atom. The highest BCUT2D eigenvalue weighted by Crippen LogP contribution is 2.33. The van der Waals surface area contributed by atoms with Gasteiger partial charge in [-0.3, -0.25) is 0 Å². The number of thiophene rings is 1. The first-order valence-electron chi connectivity index (χ1n) is 5.02. The summed E-state index contributed by atoms with van der Waals surface area (Å²) >= 11 is 11.1. The van der Waals surface area contributed by atoms with Gasteiger partial charge in [-0.25, -0.2) is 4.39 Å². The summed E-state index contributed by atoms with van der Waals surface area (Å²) in [7, 11) is 0. The third-order valence-corrected chi connectivity index (χ3v) is 4.71. The van der Waals surface area contributed by atoms with E-state index in [4.69, 9.17) is 11.6 Å². The van der Waals surface area contributed by atoms with Crippen molar-refractivity contribution in [1.82, 2.24) is 0 Å². The van der Waals surface area contributed by atoms with Crippen LogP contribution in [0.4, 0.5) is 10.1 Å². The highest BCUT2D eigenvalue weighted by atomic mass is 79.9. The van der Waals surface area contributed by atoms with Crippen molar-refractivity contribution in [3.63, 3.8) is 0 Å². The Balaban J connectivity index is 2.19. The van der Waals surface area contributed by atoms with E-state index in [9.17, 15) is 4.39 Å². The molecule has 0 fully saturated rings. The molecule has 2 rings (SSSR count).